The van der Waals surface area contributed by atoms with Gasteiger partial charge in [0.15, 0.2) is 0 Å². The molecule has 1 heterocycles. The molecule has 6 heteroatoms. The van der Waals surface area contributed by atoms with E-state index in [0.29, 0.717) is 11.4 Å². The van der Waals surface area contributed by atoms with Crippen LogP contribution in [0.3, 0.4) is 0 Å². The van der Waals surface area contributed by atoms with Gasteiger partial charge in [-0.05, 0) is 42.3 Å². The number of carbonyl (C=O) groups is 1. The van der Waals surface area contributed by atoms with E-state index in [0.717, 1.165) is 11.1 Å². The Balaban J connectivity index is 1.55. The molecule has 5 nitrogen and oxygen atoms in total. The minimum absolute atomic E-state index is 0.165. The Morgan fingerprint density at radius 1 is 0.900 bits per heavy atom. The Bertz CT molecular complexity index is 1070. The fourth-order valence-corrected chi connectivity index (χ4v) is 3.27. The van der Waals surface area contributed by atoms with Crippen LogP contribution >= 0.6 is 0 Å². The first-order chi connectivity index (χ1) is 14.6. The summed E-state index contributed by atoms with van der Waals surface area (Å²) >= 11 is 0. The minimum atomic E-state index is -0.492. The number of nitrogens with one attached hydrogen (secondary N) is 1. The molecule has 1 N–H and O–H groups in total. The molecule has 0 saturated heterocycles. The summed E-state index contributed by atoms with van der Waals surface area (Å²) in [6, 6.07) is 24.5. The summed E-state index contributed by atoms with van der Waals surface area (Å²) in [6.45, 7) is 1.78. The smallest absolute Gasteiger partial charge is 0.249 e. The van der Waals surface area contributed by atoms with Crippen LogP contribution in [0.25, 0.3) is 11.4 Å². The molecular weight excluding hydrogens is 381 g/mol. The molecule has 0 spiro atoms. The maximum absolute atomic E-state index is 13.2. The van der Waals surface area contributed by atoms with Crippen LogP contribution in [0, 0.1) is 5.82 Å². The standard InChI is InChI=1S/C24H20FN3O2/c1-16(24-27-22(28-30-24)19-12-14-20(25)15-13-19)26-23(29)21(17-8-4-2-5-9-17)18-10-6-3-7-11-18/h2-16,21H,1H3,(H,26,29). The lowest BCUT2D eigenvalue weighted by Crippen LogP contribution is -2.32. The van der Waals surface area contributed by atoms with Crippen molar-refractivity contribution < 1.29 is 13.7 Å². The highest BCUT2D eigenvalue weighted by Gasteiger charge is 2.26. The van der Waals surface area contributed by atoms with Crippen molar-refractivity contribution in [1.82, 2.24) is 15.5 Å². The first-order valence-corrected chi connectivity index (χ1v) is 9.61. The van der Waals surface area contributed by atoms with Crippen LogP contribution in [0.15, 0.2) is 89.5 Å². The quantitative estimate of drug-likeness (QED) is 0.500. The molecule has 0 aliphatic rings. The van der Waals surface area contributed by atoms with Gasteiger partial charge in [0.1, 0.15) is 11.9 Å². The van der Waals surface area contributed by atoms with Crippen LogP contribution in [0.4, 0.5) is 4.39 Å². The number of benzene rings is 3. The normalized spacial score (nSPS) is 12.0. The Kier molecular flexibility index (Phi) is 5.66. The number of halogens is 1. The Morgan fingerprint density at radius 2 is 1.47 bits per heavy atom. The molecule has 1 aromatic heterocycles. The van der Waals surface area contributed by atoms with E-state index < -0.39 is 12.0 Å². The third-order valence-corrected chi connectivity index (χ3v) is 4.80. The third-order valence-electron chi connectivity index (χ3n) is 4.80. The molecule has 0 aliphatic heterocycles. The largest absolute Gasteiger partial charge is 0.344 e. The van der Waals surface area contributed by atoms with E-state index in [4.69, 9.17) is 4.52 Å². The second kappa shape index (κ2) is 8.69. The van der Waals surface area contributed by atoms with Crippen LogP contribution in [0.2, 0.25) is 0 Å². The van der Waals surface area contributed by atoms with E-state index in [1.54, 1.807) is 19.1 Å². The van der Waals surface area contributed by atoms with Gasteiger partial charge in [-0.1, -0.05) is 65.8 Å². The number of carbonyl (C=O) groups excluding carboxylic acids is 1. The zero-order chi connectivity index (χ0) is 20.9. The lowest BCUT2D eigenvalue weighted by Gasteiger charge is -2.19. The van der Waals surface area contributed by atoms with Crippen molar-refractivity contribution in [2.45, 2.75) is 18.9 Å². The Morgan fingerprint density at radius 3 is 2.03 bits per heavy atom. The minimum Gasteiger partial charge on any atom is -0.344 e. The molecule has 3 aromatic carbocycles. The van der Waals surface area contributed by atoms with Crippen molar-refractivity contribution in [2.75, 3.05) is 0 Å². The average molecular weight is 401 g/mol. The first kappa shape index (κ1) is 19.5. The summed E-state index contributed by atoms with van der Waals surface area (Å²) in [6.07, 6.45) is 0. The van der Waals surface area contributed by atoms with E-state index in [1.165, 1.54) is 12.1 Å². The van der Waals surface area contributed by atoms with Crippen LogP contribution in [0.1, 0.15) is 35.9 Å². The predicted octanol–water partition coefficient (Wildman–Crippen LogP) is 4.89. The average Bonchev–Trinajstić information content (AvgIpc) is 3.26. The van der Waals surface area contributed by atoms with Crippen LogP contribution in [0.5, 0.6) is 0 Å². The molecule has 0 fully saturated rings. The molecule has 0 bridgehead atoms. The summed E-state index contributed by atoms with van der Waals surface area (Å²) in [5.41, 5.74) is 2.42. The van der Waals surface area contributed by atoms with Gasteiger partial charge in [-0.3, -0.25) is 4.79 Å². The van der Waals surface area contributed by atoms with Gasteiger partial charge in [-0.25, -0.2) is 4.39 Å². The second-order valence-corrected chi connectivity index (χ2v) is 6.95. The highest BCUT2D eigenvalue weighted by atomic mass is 19.1. The van der Waals surface area contributed by atoms with Gasteiger partial charge in [0.05, 0.1) is 5.92 Å². The number of amides is 1. The molecule has 1 unspecified atom stereocenters. The molecule has 0 radical (unpaired) electrons. The van der Waals surface area contributed by atoms with Crippen molar-refractivity contribution in [3.63, 3.8) is 0 Å². The molecule has 4 aromatic rings. The Labute approximate surface area is 173 Å². The fraction of sp³-hybridized carbons (Fsp3) is 0.125. The van der Waals surface area contributed by atoms with Gasteiger partial charge in [-0.15, -0.1) is 0 Å². The van der Waals surface area contributed by atoms with Gasteiger partial charge < -0.3 is 9.84 Å². The van der Waals surface area contributed by atoms with Crippen LogP contribution < -0.4 is 5.32 Å². The van der Waals surface area contributed by atoms with Crippen LogP contribution in [-0.4, -0.2) is 16.0 Å². The summed E-state index contributed by atoms with van der Waals surface area (Å²) in [4.78, 5) is 17.6. The van der Waals surface area contributed by atoms with Crippen molar-refractivity contribution in [2.24, 2.45) is 0 Å². The molecule has 0 aliphatic carbocycles. The predicted molar refractivity (Wildman–Crippen MR) is 111 cm³/mol. The number of aromatic nitrogens is 2. The maximum Gasteiger partial charge on any atom is 0.249 e. The summed E-state index contributed by atoms with van der Waals surface area (Å²) in [5.74, 6) is -0.344. The van der Waals surface area contributed by atoms with E-state index in [9.17, 15) is 9.18 Å². The summed E-state index contributed by atoms with van der Waals surface area (Å²) in [7, 11) is 0. The van der Waals surface area contributed by atoms with Gasteiger partial charge in [-0.2, -0.15) is 4.98 Å². The number of nitrogens with zero attached hydrogens (tertiary/aromatic N) is 2. The molecule has 1 amide bonds. The zero-order valence-corrected chi connectivity index (χ0v) is 16.3. The Hall–Kier alpha value is -3.80. The molecule has 0 saturated carbocycles. The lowest BCUT2D eigenvalue weighted by molar-refractivity contribution is -0.122. The number of rotatable bonds is 6. The summed E-state index contributed by atoms with van der Waals surface area (Å²) in [5, 5.41) is 6.92. The maximum atomic E-state index is 13.2. The molecule has 4 rings (SSSR count). The third kappa shape index (κ3) is 4.27. The topological polar surface area (TPSA) is 68.0 Å². The SMILES string of the molecule is CC(NC(=O)C(c1ccccc1)c1ccccc1)c1nc(-c2ccc(F)cc2)no1. The summed E-state index contributed by atoms with van der Waals surface area (Å²) < 4.78 is 18.5. The number of hydrogen-bond donors (Lipinski definition) is 1. The highest BCUT2D eigenvalue weighted by Crippen LogP contribution is 2.26. The van der Waals surface area contributed by atoms with Crippen molar-refractivity contribution >= 4 is 5.91 Å². The van der Waals surface area contributed by atoms with E-state index in [-0.39, 0.29) is 17.6 Å². The van der Waals surface area contributed by atoms with Gasteiger partial charge in [0.2, 0.25) is 17.6 Å². The van der Waals surface area contributed by atoms with Gasteiger partial charge in [0, 0.05) is 5.56 Å². The highest BCUT2D eigenvalue weighted by molar-refractivity contribution is 5.87. The van der Waals surface area contributed by atoms with E-state index in [2.05, 4.69) is 15.5 Å². The lowest BCUT2D eigenvalue weighted by atomic mass is 9.90. The molecule has 30 heavy (non-hydrogen) atoms. The van der Waals surface area contributed by atoms with Crippen molar-refractivity contribution in [3.05, 3.63) is 108 Å². The fourth-order valence-electron chi connectivity index (χ4n) is 3.27. The number of hydrogen-bond acceptors (Lipinski definition) is 4. The molecule has 1 atom stereocenters. The van der Waals surface area contributed by atoms with Gasteiger partial charge >= 0.3 is 0 Å². The first-order valence-electron chi connectivity index (χ1n) is 9.61. The van der Waals surface area contributed by atoms with Gasteiger partial charge in [0.25, 0.3) is 0 Å². The molecular formula is C24H20FN3O2. The van der Waals surface area contributed by atoms with Crippen molar-refractivity contribution in [1.29, 1.82) is 0 Å². The van der Waals surface area contributed by atoms with Crippen molar-refractivity contribution in [3.8, 4) is 11.4 Å². The van der Waals surface area contributed by atoms with Crippen LogP contribution in [-0.2, 0) is 4.79 Å². The zero-order valence-electron chi connectivity index (χ0n) is 16.3. The second-order valence-electron chi connectivity index (χ2n) is 6.95. The molecule has 150 valence electrons. The monoisotopic (exact) mass is 401 g/mol. The van der Waals surface area contributed by atoms with E-state index in [1.807, 2.05) is 60.7 Å². The van der Waals surface area contributed by atoms with E-state index >= 15 is 0 Å².